The zero-order valence-corrected chi connectivity index (χ0v) is 13.8. The third-order valence-electron chi connectivity index (χ3n) is 5.08. The Bertz CT molecular complexity index is 647. The van der Waals surface area contributed by atoms with Crippen LogP contribution < -0.4 is 4.74 Å². The van der Waals surface area contributed by atoms with Crippen LogP contribution in [0.3, 0.4) is 0 Å². The van der Waals surface area contributed by atoms with E-state index in [-0.39, 0.29) is 5.38 Å². The van der Waals surface area contributed by atoms with Gasteiger partial charge in [0.2, 0.25) is 0 Å². The molecule has 2 atom stereocenters. The number of alkyl halides is 1. The lowest BCUT2D eigenvalue weighted by Crippen LogP contribution is -2.21. The summed E-state index contributed by atoms with van der Waals surface area (Å²) in [7, 11) is 1.70. The molecule has 112 valence electrons. The van der Waals surface area contributed by atoms with Gasteiger partial charge in [0.1, 0.15) is 5.75 Å². The highest BCUT2D eigenvalue weighted by Gasteiger charge is 2.39. The fourth-order valence-electron chi connectivity index (χ4n) is 3.67. The Kier molecular flexibility index (Phi) is 3.88. The number of benzene rings is 2. The Hall–Kier alpha value is -1.21. The van der Waals surface area contributed by atoms with Crippen molar-refractivity contribution in [2.75, 3.05) is 7.11 Å². The van der Waals surface area contributed by atoms with Crippen LogP contribution in [0.5, 0.6) is 5.75 Å². The summed E-state index contributed by atoms with van der Waals surface area (Å²) in [4.78, 5) is 0. The maximum absolute atomic E-state index is 6.83. The SMILES string of the molecule is COc1ccc2cc(C(Cl)C3CCCC3(C)C)ccc2c1. The molecule has 1 saturated carbocycles. The summed E-state index contributed by atoms with van der Waals surface area (Å²) in [5.41, 5.74) is 1.59. The third kappa shape index (κ3) is 2.76. The van der Waals surface area contributed by atoms with Crippen molar-refractivity contribution in [3.05, 3.63) is 42.0 Å². The fourth-order valence-corrected chi connectivity index (χ4v) is 4.27. The van der Waals surface area contributed by atoms with Crippen LogP contribution in [0.1, 0.15) is 44.1 Å². The molecular formula is C19H23ClO. The second-order valence-corrected chi connectivity index (χ2v) is 7.33. The minimum Gasteiger partial charge on any atom is -0.497 e. The molecule has 2 heteroatoms. The van der Waals surface area contributed by atoms with Crippen LogP contribution in [-0.2, 0) is 0 Å². The van der Waals surface area contributed by atoms with E-state index in [2.05, 4.69) is 44.2 Å². The molecule has 2 aromatic rings. The van der Waals surface area contributed by atoms with E-state index in [9.17, 15) is 0 Å². The van der Waals surface area contributed by atoms with Crippen molar-refractivity contribution in [1.82, 2.24) is 0 Å². The average molecular weight is 303 g/mol. The molecule has 0 heterocycles. The minimum absolute atomic E-state index is 0.106. The lowest BCUT2D eigenvalue weighted by molar-refractivity contribution is 0.252. The molecule has 0 saturated heterocycles. The van der Waals surface area contributed by atoms with Crippen LogP contribution in [0.2, 0.25) is 0 Å². The van der Waals surface area contributed by atoms with Gasteiger partial charge in [0, 0.05) is 0 Å². The van der Waals surface area contributed by atoms with Crippen LogP contribution in [0.15, 0.2) is 36.4 Å². The van der Waals surface area contributed by atoms with Crippen LogP contribution in [0.25, 0.3) is 10.8 Å². The van der Waals surface area contributed by atoms with Crippen LogP contribution in [0.4, 0.5) is 0 Å². The molecular weight excluding hydrogens is 280 g/mol. The van der Waals surface area contributed by atoms with Crippen molar-refractivity contribution in [3.63, 3.8) is 0 Å². The Balaban J connectivity index is 1.93. The highest BCUT2D eigenvalue weighted by Crippen LogP contribution is 2.51. The van der Waals surface area contributed by atoms with E-state index in [0.29, 0.717) is 11.3 Å². The maximum Gasteiger partial charge on any atom is 0.119 e. The van der Waals surface area contributed by atoms with Crippen molar-refractivity contribution in [2.45, 2.75) is 38.5 Å². The average Bonchev–Trinajstić information content (AvgIpc) is 2.84. The predicted octanol–water partition coefficient (Wildman–Crippen LogP) is 5.95. The summed E-state index contributed by atoms with van der Waals surface area (Å²) in [6.45, 7) is 4.71. The smallest absolute Gasteiger partial charge is 0.119 e. The molecule has 0 N–H and O–H groups in total. The molecule has 2 aromatic carbocycles. The second-order valence-electron chi connectivity index (χ2n) is 6.86. The van der Waals surface area contributed by atoms with Crippen molar-refractivity contribution in [3.8, 4) is 5.75 Å². The molecule has 0 bridgehead atoms. The Morgan fingerprint density at radius 3 is 2.52 bits per heavy atom. The molecule has 21 heavy (non-hydrogen) atoms. The number of hydrogen-bond donors (Lipinski definition) is 0. The van der Waals surface area contributed by atoms with E-state index in [0.717, 1.165) is 5.75 Å². The molecule has 0 spiro atoms. The Morgan fingerprint density at radius 1 is 1.14 bits per heavy atom. The van der Waals surface area contributed by atoms with Gasteiger partial charge in [-0.1, -0.05) is 38.5 Å². The van der Waals surface area contributed by atoms with E-state index < -0.39 is 0 Å². The monoisotopic (exact) mass is 302 g/mol. The van der Waals surface area contributed by atoms with E-state index >= 15 is 0 Å². The molecule has 2 unspecified atom stereocenters. The largest absolute Gasteiger partial charge is 0.497 e. The van der Waals surface area contributed by atoms with Crippen LogP contribution >= 0.6 is 11.6 Å². The van der Waals surface area contributed by atoms with Crippen molar-refractivity contribution in [1.29, 1.82) is 0 Å². The minimum atomic E-state index is 0.106. The number of halogens is 1. The van der Waals surface area contributed by atoms with Gasteiger partial charge in [-0.15, -0.1) is 11.6 Å². The predicted molar refractivity (Wildman–Crippen MR) is 90.2 cm³/mol. The standard InChI is InChI=1S/C19H23ClO/c1-19(2)10-4-5-17(19)18(20)15-7-6-14-12-16(21-3)9-8-13(14)11-15/h6-9,11-12,17-18H,4-5,10H2,1-3H3. The molecule has 1 nitrogen and oxygen atoms in total. The first-order chi connectivity index (χ1) is 10.0. The highest BCUT2D eigenvalue weighted by molar-refractivity contribution is 6.21. The van der Waals surface area contributed by atoms with Crippen LogP contribution in [-0.4, -0.2) is 7.11 Å². The molecule has 1 aliphatic carbocycles. The Morgan fingerprint density at radius 2 is 1.86 bits per heavy atom. The molecule has 0 aromatic heterocycles. The summed E-state index contributed by atoms with van der Waals surface area (Å²) in [5.74, 6) is 1.46. The summed E-state index contributed by atoms with van der Waals surface area (Å²) >= 11 is 6.83. The first kappa shape index (κ1) is 14.7. The topological polar surface area (TPSA) is 9.23 Å². The summed E-state index contributed by atoms with van der Waals surface area (Å²) in [6, 6.07) is 12.8. The first-order valence-electron chi connectivity index (χ1n) is 7.73. The van der Waals surface area contributed by atoms with Gasteiger partial charge in [-0.05, 0) is 58.7 Å². The first-order valence-corrected chi connectivity index (χ1v) is 8.17. The van der Waals surface area contributed by atoms with Crippen molar-refractivity contribution >= 4 is 22.4 Å². The molecule has 0 radical (unpaired) electrons. The summed E-state index contributed by atoms with van der Waals surface area (Å²) in [6.07, 6.45) is 3.82. The fraction of sp³-hybridized carbons (Fsp3) is 0.474. The number of hydrogen-bond acceptors (Lipinski definition) is 1. The number of rotatable bonds is 3. The maximum atomic E-state index is 6.83. The van der Waals surface area contributed by atoms with Gasteiger partial charge in [-0.3, -0.25) is 0 Å². The lowest BCUT2D eigenvalue weighted by atomic mass is 9.78. The van der Waals surface area contributed by atoms with Crippen LogP contribution in [0, 0.1) is 11.3 Å². The van der Waals surface area contributed by atoms with Gasteiger partial charge in [0.05, 0.1) is 12.5 Å². The number of methoxy groups -OCH3 is 1. The molecule has 0 amide bonds. The highest BCUT2D eigenvalue weighted by atomic mass is 35.5. The van der Waals surface area contributed by atoms with Gasteiger partial charge >= 0.3 is 0 Å². The van der Waals surface area contributed by atoms with Gasteiger partial charge in [-0.25, -0.2) is 0 Å². The molecule has 1 fully saturated rings. The third-order valence-corrected chi connectivity index (χ3v) is 5.64. The summed E-state index contributed by atoms with van der Waals surface area (Å²) in [5, 5.41) is 2.54. The lowest BCUT2D eigenvalue weighted by Gasteiger charge is -2.31. The molecule has 1 aliphatic rings. The van der Waals surface area contributed by atoms with E-state index in [1.54, 1.807) is 7.11 Å². The number of fused-ring (bicyclic) bond motifs is 1. The van der Waals surface area contributed by atoms with Gasteiger partial charge in [0.25, 0.3) is 0 Å². The van der Waals surface area contributed by atoms with Crippen molar-refractivity contribution < 1.29 is 4.74 Å². The van der Waals surface area contributed by atoms with Gasteiger partial charge in [0.15, 0.2) is 0 Å². The zero-order valence-electron chi connectivity index (χ0n) is 13.0. The zero-order chi connectivity index (χ0) is 15.0. The van der Waals surface area contributed by atoms with Gasteiger partial charge in [-0.2, -0.15) is 0 Å². The normalized spacial score (nSPS) is 22.4. The van der Waals surface area contributed by atoms with E-state index in [1.165, 1.54) is 35.6 Å². The number of ether oxygens (including phenoxy) is 1. The van der Waals surface area contributed by atoms with Crippen molar-refractivity contribution in [2.24, 2.45) is 11.3 Å². The Labute approximate surface area is 132 Å². The van der Waals surface area contributed by atoms with E-state index in [4.69, 9.17) is 16.3 Å². The van der Waals surface area contributed by atoms with E-state index in [1.807, 2.05) is 6.07 Å². The second kappa shape index (κ2) is 5.53. The molecule has 0 aliphatic heterocycles. The molecule has 3 rings (SSSR count). The van der Waals surface area contributed by atoms with Gasteiger partial charge < -0.3 is 4.74 Å². The quantitative estimate of drug-likeness (QED) is 0.636. The summed E-state index contributed by atoms with van der Waals surface area (Å²) < 4.78 is 5.28.